The Hall–Kier alpha value is -1.28. The summed E-state index contributed by atoms with van der Waals surface area (Å²) in [5.41, 5.74) is 1.24. The highest BCUT2D eigenvalue weighted by atomic mass is 32.1. The lowest BCUT2D eigenvalue weighted by Gasteiger charge is -2.35. The van der Waals surface area contributed by atoms with E-state index in [1.165, 1.54) is 0 Å². The number of halogens is 2. The van der Waals surface area contributed by atoms with Crippen molar-refractivity contribution in [2.24, 2.45) is 11.3 Å². The summed E-state index contributed by atoms with van der Waals surface area (Å²) in [5.74, 6) is 0.336. The monoisotopic (exact) mass is 296 g/mol. The van der Waals surface area contributed by atoms with Crippen LogP contribution in [0.2, 0.25) is 0 Å². The molecule has 1 heterocycles. The second-order valence-electron chi connectivity index (χ2n) is 6.42. The number of nitrogens with one attached hydrogen (secondary N) is 1. The molecule has 2 nitrogen and oxygen atoms in total. The van der Waals surface area contributed by atoms with E-state index in [1.54, 1.807) is 0 Å². The van der Waals surface area contributed by atoms with E-state index in [0.717, 1.165) is 12.1 Å². The van der Waals surface area contributed by atoms with Gasteiger partial charge in [0.15, 0.2) is 0 Å². The number of aromatic nitrogens is 1. The molecule has 0 aromatic carbocycles. The number of hydrogen-bond donors (Lipinski definition) is 1. The van der Waals surface area contributed by atoms with E-state index in [4.69, 9.17) is 17.5 Å². The van der Waals surface area contributed by atoms with E-state index in [1.807, 2.05) is 6.07 Å². The Morgan fingerprint density at radius 3 is 2.55 bits per heavy atom. The number of nitrogens with zero attached hydrogens (tertiary/aromatic N) is 1. The standard InChI is InChI=1S/C15H18F2N2S/c1-15(2,3)8-4-5-11-9(6-8)12(13(16)17)10(7-18)14(20)19-11/h8,13H,4-6H2,1-3H3,(H,19,20). The van der Waals surface area contributed by atoms with E-state index >= 15 is 0 Å². The number of aromatic amines is 1. The maximum Gasteiger partial charge on any atom is 0.265 e. The molecular weight excluding hydrogens is 278 g/mol. The van der Waals surface area contributed by atoms with Crippen molar-refractivity contribution in [3.63, 3.8) is 0 Å². The van der Waals surface area contributed by atoms with Crippen LogP contribution in [-0.4, -0.2) is 4.98 Å². The smallest absolute Gasteiger partial charge is 0.265 e. The number of pyridine rings is 1. The van der Waals surface area contributed by atoms with Gasteiger partial charge in [0.25, 0.3) is 6.43 Å². The van der Waals surface area contributed by atoms with Crippen molar-refractivity contribution < 1.29 is 8.78 Å². The lowest BCUT2D eigenvalue weighted by atomic mass is 9.70. The molecule has 1 aliphatic rings. The summed E-state index contributed by atoms with van der Waals surface area (Å²) in [6.45, 7) is 6.38. The predicted molar refractivity (Wildman–Crippen MR) is 76.3 cm³/mol. The fourth-order valence-corrected chi connectivity index (χ4v) is 3.19. The molecule has 1 aromatic rings. The summed E-state index contributed by atoms with van der Waals surface area (Å²) >= 11 is 5.03. The van der Waals surface area contributed by atoms with Gasteiger partial charge in [0, 0.05) is 11.3 Å². The molecule has 20 heavy (non-hydrogen) atoms. The lowest BCUT2D eigenvalue weighted by molar-refractivity contribution is 0.146. The maximum atomic E-state index is 13.4. The van der Waals surface area contributed by atoms with Crippen LogP contribution in [-0.2, 0) is 12.8 Å². The molecule has 0 fully saturated rings. The Kier molecular flexibility index (Phi) is 3.97. The number of nitriles is 1. The zero-order chi connectivity index (χ0) is 15.1. The molecule has 1 aliphatic carbocycles. The average Bonchev–Trinajstić information content (AvgIpc) is 2.35. The highest BCUT2D eigenvalue weighted by Gasteiger charge is 2.33. The van der Waals surface area contributed by atoms with Crippen LogP contribution in [0.25, 0.3) is 0 Å². The highest BCUT2D eigenvalue weighted by Crippen LogP contribution is 2.40. The highest BCUT2D eigenvalue weighted by molar-refractivity contribution is 7.71. The van der Waals surface area contributed by atoms with E-state index in [-0.39, 0.29) is 21.2 Å². The third kappa shape index (κ3) is 2.62. The summed E-state index contributed by atoms with van der Waals surface area (Å²) < 4.78 is 26.9. The molecule has 0 aliphatic heterocycles. The fraction of sp³-hybridized carbons (Fsp3) is 0.600. The van der Waals surface area contributed by atoms with Crippen LogP contribution in [0.3, 0.4) is 0 Å². The number of rotatable bonds is 1. The summed E-state index contributed by atoms with van der Waals surface area (Å²) in [6, 6.07) is 1.83. The molecule has 1 N–H and O–H groups in total. The van der Waals surface area contributed by atoms with Crippen LogP contribution >= 0.6 is 12.2 Å². The predicted octanol–water partition coefficient (Wildman–Crippen LogP) is 4.70. The van der Waals surface area contributed by atoms with Gasteiger partial charge in [-0.2, -0.15) is 5.26 Å². The van der Waals surface area contributed by atoms with Crippen LogP contribution in [0.15, 0.2) is 0 Å². The van der Waals surface area contributed by atoms with E-state index in [0.29, 0.717) is 24.3 Å². The first-order valence-electron chi connectivity index (χ1n) is 6.72. The minimum absolute atomic E-state index is 0.0660. The van der Waals surface area contributed by atoms with Crippen LogP contribution in [0.4, 0.5) is 8.78 Å². The normalized spacial score (nSPS) is 18.8. The van der Waals surface area contributed by atoms with Crippen molar-refractivity contribution in [2.75, 3.05) is 0 Å². The second kappa shape index (κ2) is 5.25. The Labute approximate surface area is 122 Å². The van der Waals surface area contributed by atoms with Crippen molar-refractivity contribution in [1.29, 1.82) is 5.26 Å². The third-order valence-electron chi connectivity index (χ3n) is 4.20. The summed E-state index contributed by atoms with van der Waals surface area (Å²) in [6.07, 6.45) is -0.407. The summed E-state index contributed by atoms with van der Waals surface area (Å²) in [7, 11) is 0. The van der Waals surface area contributed by atoms with Crippen molar-refractivity contribution in [1.82, 2.24) is 4.98 Å². The minimum atomic E-state index is -2.66. The van der Waals surface area contributed by atoms with Gasteiger partial charge in [-0.25, -0.2) is 8.78 Å². The summed E-state index contributed by atoms with van der Waals surface area (Å²) in [5, 5.41) is 9.11. The largest absolute Gasteiger partial charge is 0.349 e. The van der Waals surface area contributed by atoms with Crippen molar-refractivity contribution >= 4 is 12.2 Å². The third-order valence-corrected chi connectivity index (χ3v) is 4.50. The number of alkyl halides is 2. The first kappa shape index (κ1) is 15.1. The molecule has 0 spiro atoms. The molecule has 1 aromatic heterocycles. The van der Waals surface area contributed by atoms with Gasteiger partial charge < -0.3 is 4.98 Å². The molecule has 1 unspecified atom stereocenters. The zero-order valence-electron chi connectivity index (χ0n) is 11.9. The van der Waals surface area contributed by atoms with Gasteiger partial charge in [-0.1, -0.05) is 33.0 Å². The van der Waals surface area contributed by atoms with Crippen molar-refractivity contribution in [3.05, 3.63) is 27.0 Å². The van der Waals surface area contributed by atoms with Crippen LogP contribution in [0.5, 0.6) is 0 Å². The maximum absolute atomic E-state index is 13.4. The Bertz CT molecular complexity index is 620. The Morgan fingerprint density at radius 2 is 2.05 bits per heavy atom. The minimum Gasteiger partial charge on any atom is -0.349 e. The number of hydrogen-bond acceptors (Lipinski definition) is 2. The second-order valence-corrected chi connectivity index (χ2v) is 6.83. The lowest BCUT2D eigenvalue weighted by Crippen LogP contribution is -2.28. The quantitative estimate of drug-likeness (QED) is 0.763. The van der Waals surface area contributed by atoms with Crippen LogP contribution < -0.4 is 0 Å². The molecule has 5 heteroatoms. The molecule has 1 atom stereocenters. The van der Waals surface area contributed by atoms with Gasteiger partial charge in [-0.3, -0.25) is 0 Å². The number of H-pyrrole nitrogens is 1. The summed E-state index contributed by atoms with van der Waals surface area (Å²) in [4.78, 5) is 2.97. The van der Waals surface area contributed by atoms with Gasteiger partial charge in [-0.05, 0) is 36.2 Å². The molecule has 0 radical (unpaired) electrons. The Balaban J connectivity index is 2.61. The molecule has 108 valence electrons. The van der Waals surface area contributed by atoms with Crippen LogP contribution in [0.1, 0.15) is 56.0 Å². The molecule has 0 bridgehead atoms. The molecular formula is C15H18F2N2S. The molecule has 2 rings (SSSR count). The van der Waals surface area contributed by atoms with Gasteiger partial charge in [0.05, 0.1) is 5.56 Å². The molecule has 0 saturated carbocycles. The van der Waals surface area contributed by atoms with Gasteiger partial charge in [0.1, 0.15) is 10.7 Å². The van der Waals surface area contributed by atoms with Gasteiger partial charge in [-0.15, -0.1) is 0 Å². The van der Waals surface area contributed by atoms with Crippen molar-refractivity contribution in [2.45, 2.75) is 46.5 Å². The average molecular weight is 296 g/mol. The SMILES string of the molecule is CC(C)(C)C1CCc2[nH]c(=S)c(C#N)c(C(F)F)c2C1. The van der Waals surface area contributed by atoms with E-state index < -0.39 is 6.43 Å². The Morgan fingerprint density at radius 1 is 1.40 bits per heavy atom. The molecule has 0 saturated heterocycles. The zero-order valence-corrected chi connectivity index (χ0v) is 12.7. The van der Waals surface area contributed by atoms with E-state index in [9.17, 15) is 8.78 Å². The van der Waals surface area contributed by atoms with Crippen molar-refractivity contribution in [3.8, 4) is 6.07 Å². The van der Waals surface area contributed by atoms with Crippen LogP contribution in [0, 0.1) is 27.3 Å². The van der Waals surface area contributed by atoms with Gasteiger partial charge >= 0.3 is 0 Å². The molecule has 0 amide bonds. The first-order valence-corrected chi connectivity index (χ1v) is 7.12. The number of fused-ring (bicyclic) bond motifs is 1. The number of aryl methyl sites for hydroxylation is 1. The first-order chi connectivity index (χ1) is 9.25. The van der Waals surface area contributed by atoms with E-state index in [2.05, 4.69) is 25.8 Å². The van der Waals surface area contributed by atoms with Gasteiger partial charge in [0.2, 0.25) is 0 Å². The fourth-order valence-electron chi connectivity index (χ4n) is 2.92. The topological polar surface area (TPSA) is 39.6 Å².